The van der Waals surface area contributed by atoms with Crippen LogP contribution in [-0.4, -0.2) is 9.78 Å². The lowest BCUT2D eigenvalue weighted by molar-refractivity contribution is 0.628. The van der Waals surface area contributed by atoms with Crippen LogP contribution in [0, 0.1) is 17.1 Å². The first-order valence-electron chi connectivity index (χ1n) is 6.41. The van der Waals surface area contributed by atoms with Gasteiger partial charge in [0.25, 0.3) is 0 Å². The van der Waals surface area contributed by atoms with Gasteiger partial charge in [0.15, 0.2) is 0 Å². The van der Waals surface area contributed by atoms with Gasteiger partial charge in [0.05, 0.1) is 10.7 Å². The number of benzene rings is 2. The minimum Gasteiger partial charge on any atom is -0.382 e. The normalized spacial score (nSPS) is 10.4. The molecule has 6 heteroatoms. The lowest BCUT2D eigenvalue weighted by Crippen LogP contribution is -2.02. The summed E-state index contributed by atoms with van der Waals surface area (Å²) in [5.74, 6) is -0.248. The summed E-state index contributed by atoms with van der Waals surface area (Å²) < 4.78 is 14.8. The molecule has 3 aromatic rings. The highest BCUT2D eigenvalue weighted by molar-refractivity contribution is 6.32. The fraction of sp³-hybridized carbons (Fsp3) is 0. The number of anilines is 1. The molecule has 4 nitrogen and oxygen atoms in total. The van der Waals surface area contributed by atoms with Gasteiger partial charge in [0.1, 0.15) is 29.0 Å². The Kier molecular flexibility index (Phi) is 3.53. The Hall–Kier alpha value is -2.84. The number of nitriles is 1. The Balaban J connectivity index is 2.25. The fourth-order valence-corrected chi connectivity index (χ4v) is 2.40. The molecule has 0 radical (unpaired) electrons. The highest BCUT2D eigenvalue weighted by Gasteiger charge is 2.19. The van der Waals surface area contributed by atoms with Gasteiger partial charge in [-0.1, -0.05) is 35.9 Å². The van der Waals surface area contributed by atoms with E-state index in [2.05, 4.69) is 5.10 Å². The van der Waals surface area contributed by atoms with Gasteiger partial charge in [-0.05, 0) is 24.3 Å². The molecular formula is C16H10ClFN4. The number of hydrogen-bond acceptors (Lipinski definition) is 3. The Bertz CT molecular complexity index is 895. The van der Waals surface area contributed by atoms with E-state index in [4.69, 9.17) is 17.3 Å². The predicted molar refractivity (Wildman–Crippen MR) is 83.1 cm³/mol. The maximum absolute atomic E-state index is 13.4. The predicted octanol–water partition coefficient (Wildman–Crippen LogP) is 3.79. The molecule has 0 bridgehead atoms. The van der Waals surface area contributed by atoms with Crippen LogP contribution in [-0.2, 0) is 0 Å². The standard InChI is InChI=1S/C16H10ClFN4/c17-13-6-1-2-7-14(13)22-16(20)12(9-19)15(21-22)10-4-3-5-11(18)8-10/h1-8H,20H2. The van der Waals surface area contributed by atoms with Crippen LogP contribution in [0.5, 0.6) is 0 Å². The highest BCUT2D eigenvalue weighted by atomic mass is 35.5. The van der Waals surface area contributed by atoms with Crippen LogP contribution in [0.2, 0.25) is 5.02 Å². The van der Waals surface area contributed by atoms with Crippen molar-refractivity contribution < 1.29 is 4.39 Å². The van der Waals surface area contributed by atoms with Crippen LogP contribution in [0.15, 0.2) is 48.5 Å². The number of aromatic nitrogens is 2. The summed E-state index contributed by atoms with van der Waals surface area (Å²) in [5, 5.41) is 14.1. The van der Waals surface area contributed by atoms with Gasteiger partial charge in [-0.2, -0.15) is 10.4 Å². The van der Waals surface area contributed by atoms with Crippen molar-refractivity contribution in [1.29, 1.82) is 5.26 Å². The van der Waals surface area contributed by atoms with E-state index in [0.29, 0.717) is 22.0 Å². The van der Waals surface area contributed by atoms with Crippen molar-refractivity contribution in [2.75, 3.05) is 5.73 Å². The van der Waals surface area contributed by atoms with E-state index in [0.717, 1.165) is 0 Å². The molecule has 2 aromatic carbocycles. The summed E-state index contributed by atoms with van der Waals surface area (Å²) in [4.78, 5) is 0. The fourth-order valence-electron chi connectivity index (χ4n) is 2.19. The number of nitrogen functional groups attached to an aromatic ring is 1. The second kappa shape index (κ2) is 5.51. The summed E-state index contributed by atoms with van der Waals surface area (Å²) in [6, 6.07) is 14.9. The van der Waals surface area contributed by atoms with Gasteiger partial charge in [0.2, 0.25) is 0 Å². The molecule has 0 aliphatic heterocycles. The number of para-hydroxylation sites is 1. The number of nitrogens with two attached hydrogens (primary N) is 1. The maximum atomic E-state index is 13.4. The molecule has 0 aliphatic carbocycles. The molecule has 2 N–H and O–H groups in total. The average molecular weight is 313 g/mol. The monoisotopic (exact) mass is 312 g/mol. The molecule has 0 amide bonds. The van der Waals surface area contributed by atoms with Gasteiger partial charge < -0.3 is 5.73 Å². The van der Waals surface area contributed by atoms with Gasteiger partial charge in [-0.15, -0.1) is 0 Å². The minimum atomic E-state index is -0.410. The van der Waals surface area contributed by atoms with Crippen LogP contribution in [0.3, 0.4) is 0 Å². The minimum absolute atomic E-state index is 0.162. The SMILES string of the molecule is N#Cc1c(-c2cccc(F)c2)nn(-c2ccccc2Cl)c1N. The third kappa shape index (κ3) is 2.30. The summed E-state index contributed by atoms with van der Waals surface area (Å²) in [5.41, 5.74) is 7.56. The zero-order valence-electron chi connectivity index (χ0n) is 11.3. The molecule has 0 saturated carbocycles. The van der Waals surface area contributed by atoms with Crippen molar-refractivity contribution in [3.8, 4) is 23.0 Å². The Labute approximate surface area is 131 Å². The molecule has 108 valence electrons. The zero-order valence-corrected chi connectivity index (χ0v) is 12.0. The first-order valence-corrected chi connectivity index (χ1v) is 6.79. The largest absolute Gasteiger partial charge is 0.382 e. The third-order valence-corrected chi connectivity index (χ3v) is 3.53. The van der Waals surface area contributed by atoms with Crippen LogP contribution in [0.25, 0.3) is 16.9 Å². The lowest BCUT2D eigenvalue weighted by atomic mass is 10.1. The molecule has 0 aliphatic rings. The molecule has 22 heavy (non-hydrogen) atoms. The second-order valence-electron chi connectivity index (χ2n) is 4.59. The van der Waals surface area contributed by atoms with Crippen molar-refractivity contribution >= 4 is 17.4 Å². The molecule has 0 atom stereocenters. The molecule has 1 aromatic heterocycles. The van der Waals surface area contributed by atoms with Gasteiger partial charge in [-0.25, -0.2) is 9.07 Å². The van der Waals surface area contributed by atoms with E-state index in [-0.39, 0.29) is 11.4 Å². The molecule has 0 unspecified atom stereocenters. The molecule has 0 saturated heterocycles. The van der Waals surface area contributed by atoms with Crippen LogP contribution >= 0.6 is 11.6 Å². The molecule has 1 heterocycles. The maximum Gasteiger partial charge on any atom is 0.145 e. The number of nitrogens with zero attached hydrogens (tertiary/aromatic N) is 3. The van der Waals surface area contributed by atoms with Crippen LogP contribution in [0.4, 0.5) is 10.2 Å². The Morgan fingerprint density at radius 2 is 1.95 bits per heavy atom. The third-order valence-electron chi connectivity index (χ3n) is 3.21. The van der Waals surface area contributed by atoms with Crippen LogP contribution in [0.1, 0.15) is 5.56 Å². The van der Waals surface area contributed by atoms with E-state index in [1.54, 1.807) is 36.4 Å². The van der Waals surface area contributed by atoms with E-state index in [1.807, 2.05) is 6.07 Å². The molecular weight excluding hydrogens is 303 g/mol. The summed E-state index contributed by atoms with van der Waals surface area (Å²) >= 11 is 6.15. The highest BCUT2D eigenvalue weighted by Crippen LogP contribution is 2.31. The van der Waals surface area contributed by atoms with Crippen molar-refractivity contribution in [2.24, 2.45) is 0 Å². The van der Waals surface area contributed by atoms with Gasteiger partial charge in [-0.3, -0.25) is 0 Å². The average Bonchev–Trinajstić information content (AvgIpc) is 2.84. The molecule has 0 fully saturated rings. The Morgan fingerprint density at radius 1 is 1.18 bits per heavy atom. The summed E-state index contributed by atoms with van der Waals surface area (Å²) in [6.45, 7) is 0. The quantitative estimate of drug-likeness (QED) is 0.783. The van der Waals surface area contributed by atoms with Crippen molar-refractivity contribution in [3.05, 3.63) is 64.9 Å². The first-order chi connectivity index (χ1) is 10.6. The molecule has 3 rings (SSSR count). The zero-order chi connectivity index (χ0) is 15.7. The topological polar surface area (TPSA) is 67.6 Å². The van der Waals surface area contributed by atoms with Crippen molar-refractivity contribution in [1.82, 2.24) is 9.78 Å². The van der Waals surface area contributed by atoms with Gasteiger partial charge in [0, 0.05) is 5.56 Å². The smallest absolute Gasteiger partial charge is 0.145 e. The Morgan fingerprint density at radius 3 is 2.64 bits per heavy atom. The van der Waals surface area contributed by atoms with E-state index in [9.17, 15) is 9.65 Å². The second-order valence-corrected chi connectivity index (χ2v) is 5.00. The number of hydrogen-bond donors (Lipinski definition) is 1. The van der Waals surface area contributed by atoms with Gasteiger partial charge >= 0.3 is 0 Å². The van der Waals surface area contributed by atoms with E-state index >= 15 is 0 Å². The number of halogens is 2. The molecule has 0 spiro atoms. The van der Waals surface area contributed by atoms with E-state index in [1.165, 1.54) is 16.8 Å². The number of rotatable bonds is 2. The first kappa shape index (κ1) is 14.1. The lowest BCUT2D eigenvalue weighted by Gasteiger charge is -2.05. The van der Waals surface area contributed by atoms with Crippen LogP contribution < -0.4 is 5.73 Å². The van der Waals surface area contributed by atoms with Crippen molar-refractivity contribution in [2.45, 2.75) is 0 Å². The summed E-state index contributed by atoms with van der Waals surface area (Å²) in [7, 11) is 0. The van der Waals surface area contributed by atoms with Crippen molar-refractivity contribution in [3.63, 3.8) is 0 Å². The van der Waals surface area contributed by atoms with E-state index < -0.39 is 5.82 Å². The summed E-state index contributed by atoms with van der Waals surface area (Å²) in [6.07, 6.45) is 0.